The molecule has 1 aliphatic rings. The molecule has 1 fully saturated rings. The van der Waals surface area contributed by atoms with Crippen molar-refractivity contribution in [3.63, 3.8) is 0 Å². The van der Waals surface area contributed by atoms with Crippen molar-refractivity contribution in [1.82, 2.24) is 4.90 Å². The standard InChI is InChI=1S/C25H32N2O4/c1-15-10-11-19(16(2)12-15)24(28)26-21-14-23(31-6)22(30-5)13-20(21)25(29)27-17(3)8-7-9-18(27)4/h10-14,17-18H,7-9H2,1-6H3,(H,26,28)/t17-,18+. The smallest absolute Gasteiger partial charge is 0.256 e. The SMILES string of the molecule is COc1cc(NC(=O)c2ccc(C)cc2C)c(C(=O)N2[C@H](C)CCC[C@@H]2C)cc1OC. The fraction of sp³-hybridized carbons (Fsp3) is 0.440. The molecule has 2 aromatic rings. The second kappa shape index (κ2) is 9.41. The number of rotatable bonds is 5. The maximum Gasteiger partial charge on any atom is 0.256 e. The Morgan fingerprint density at radius 3 is 2.13 bits per heavy atom. The quantitative estimate of drug-likeness (QED) is 0.735. The summed E-state index contributed by atoms with van der Waals surface area (Å²) >= 11 is 0. The molecule has 0 unspecified atom stereocenters. The van der Waals surface area contributed by atoms with E-state index in [1.165, 1.54) is 14.2 Å². The lowest BCUT2D eigenvalue weighted by molar-refractivity contribution is 0.0511. The first-order valence-electron chi connectivity index (χ1n) is 10.7. The van der Waals surface area contributed by atoms with Crippen LogP contribution in [0.5, 0.6) is 11.5 Å². The molecule has 31 heavy (non-hydrogen) atoms. The zero-order valence-electron chi connectivity index (χ0n) is 19.2. The van der Waals surface area contributed by atoms with E-state index in [0.29, 0.717) is 28.3 Å². The number of methoxy groups -OCH3 is 2. The van der Waals surface area contributed by atoms with E-state index in [9.17, 15) is 9.59 Å². The first kappa shape index (κ1) is 22.7. The van der Waals surface area contributed by atoms with Gasteiger partial charge in [0.2, 0.25) is 0 Å². The summed E-state index contributed by atoms with van der Waals surface area (Å²) in [5.74, 6) is 0.525. The molecule has 2 aromatic carbocycles. The highest BCUT2D eigenvalue weighted by atomic mass is 16.5. The van der Waals surface area contributed by atoms with Crippen molar-refractivity contribution in [2.24, 2.45) is 0 Å². The minimum Gasteiger partial charge on any atom is -0.493 e. The fourth-order valence-corrected chi connectivity index (χ4v) is 4.38. The molecule has 6 heteroatoms. The van der Waals surface area contributed by atoms with Crippen molar-refractivity contribution in [3.05, 3.63) is 52.6 Å². The molecule has 0 aliphatic carbocycles. The zero-order chi connectivity index (χ0) is 22.7. The van der Waals surface area contributed by atoms with E-state index in [1.807, 2.05) is 30.9 Å². The number of piperidine rings is 1. The lowest BCUT2D eigenvalue weighted by atomic mass is 9.96. The van der Waals surface area contributed by atoms with Crippen LogP contribution in [-0.4, -0.2) is 43.0 Å². The van der Waals surface area contributed by atoms with Gasteiger partial charge in [0.05, 0.1) is 25.5 Å². The van der Waals surface area contributed by atoms with Crippen LogP contribution >= 0.6 is 0 Å². The largest absolute Gasteiger partial charge is 0.493 e. The number of ether oxygens (including phenoxy) is 2. The van der Waals surface area contributed by atoms with E-state index >= 15 is 0 Å². The van der Waals surface area contributed by atoms with Crippen molar-refractivity contribution < 1.29 is 19.1 Å². The highest BCUT2D eigenvalue weighted by Gasteiger charge is 2.32. The monoisotopic (exact) mass is 424 g/mol. The third-order valence-electron chi connectivity index (χ3n) is 6.06. The third-order valence-corrected chi connectivity index (χ3v) is 6.06. The molecule has 2 atom stereocenters. The summed E-state index contributed by atoms with van der Waals surface area (Å²) in [4.78, 5) is 28.6. The summed E-state index contributed by atoms with van der Waals surface area (Å²) in [6.45, 7) is 8.03. The molecule has 1 heterocycles. The molecule has 1 saturated heterocycles. The van der Waals surface area contributed by atoms with Gasteiger partial charge >= 0.3 is 0 Å². The molecule has 2 amide bonds. The molecule has 166 valence electrons. The van der Waals surface area contributed by atoms with Crippen molar-refractivity contribution in [1.29, 1.82) is 0 Å². The Labute approximate surface area is 184 Å². The third kappa shape index (κ3) is 4.68. The number of benzene rings is 2. The number of likely N-dealkylation sites (tertiary alicyclic amines) is 1. The highest BCUT2D eigenvalue weighted by molar-refractivity contribution is 6.10. The number of hydrogen-bond donors (Lipinski definition) is 1. The Hall–Kier alpha value is -3.02. The number of aryl methyl sites for hydroxylation is 2. The summed E-state index contributed by atoms with van der Waals surface area (Å²) in [6.07, 6.45) is 3.04. The fourth-order valence-electron chi connectivity index (χ4n) is 4.38. The Morgan fingerprint density at radius 2 is 1.55 bits per heavy atom. The van der Waals surface area contributed by atoms with Crippen LogP contribution in [0.1, 0.15) is 65.0 Å². The van der Waals surface area contributed by atoms with E-state index in [1.54, 1.807) is 18.2 Å². The molecule has 0 aromatic heterocycles. The molecule has 0 bridgehead atoms. The van der Waals surface area contributed by atoms with Gasteiger partial charge < -0.3 is 19.7 Å². The summed E-state index contributed by atoms with van der Waals surface area (Å²) < 4.78 is 10.9. The predicted octanol–water partition coefficient (Wildman–Crippen LogP) is 4.98. The second-order valence-electron chi connectivity index (χ2n) is 8.37. The average molecular weight is 425 g/mol. The van der Waals surface area contributed by atoms with Gasteiger partial charge in [-0.2, -0.15) is 0 Å². The van der Waals surface area contributed by atoms with E-state index in [2.05, 4.69) is 19.2 Å². The Balaban J connectivity index is 2.03. The number of nitrogens with one attached hydrogen (secondary N) is 1. The van der Waals surface area contributed by atoms with Crippen molar-refractivity contribution in [2.75, 3.05) is 19.5 Å². The molecule has 6 nitrogen and oxygen atoms in total. The van der Waals surface area contributed by atoms with Crippen LogP contribution in [0.15, 0.2) is 30.3 Å². The van der Waals surface area contributed by atoms with E-state index in [0.717, 1.165) is 30.4 Å². The van der Waals surface area contributed by atoms with E-state index in [-0.39, 0.29) is 23.9 Å². The molecule has 0 radical (unpaired) electrons. The Morgan fingerprint density at radius 1 is 0.935 bits per heavy atom. The van der Waals surface area contributed by atoms with Gasteiger partial charge in [-0.15, -0.1) is 0 Å². The normalized spacial score (nSPS) is 18.5. The van der Waals surface area contributed by atoms with Crippen molar-refractivity contribution in [2.45, 2.75) is 59.0 Å². The first-order chi connectivity index (χ1) is 14.8. The maximum absolute atomic E-state index is 13.6. The van der Waals surface area contributed by atoms with Crippen molar-refractivity contribution in [3.8, 4) is 11.5 Å². The predicted molar refractivity (Wildman–Crippen MR) is 122 cm³/mol. The lowest BCUT2D eigenvalue weighted by Crippen LogP contribution is -2.47. The number of anilines is 1. The number of carbonyl (C=O) groups excluding carboxylic acids is 2. The van der Waals surface area contributed by atoms with Crippen LogP contribution < -0.4 is 14.8 Å². The second-order valence-corrected chi connectivity index (χ2v) is 8.37. The van der Waals surface area contributed by atoms with Crippen molar-refractivity contribution >= 4 is 17.5 Å². The first-order valence-corrected chi connectivity index (χ1v) is 10.7. The number of amides is 2. The van der Waals surface area contributed by atoms with E-state index < -0.39 is 0 Å². The van der Waals surface area contributed by atoms with Crippen LogP contribution in [0.25, 0.3) is 0 Å². The number of carbonyl (C=O) groups is 2. The molecular weight excluding hydrogens is 392 g/mol. The van der Waals surface area contributed by atoms with Crippen LogP contribution in [0.4, 0.5) is 5.69 Å². The van der Waals surface area contributed by atoms with Crippen LogP contribution in [-0.2, 0) is 0 Å². The highest BCUT2D eigenvalue weighted by Crippen LogP contribution is 2.36. The molecule has 0 saturated carbocycles. The van der Waals surface area contributed by atoms with Gasteiger partial charge in [-0.25, -0.2) is 0 Å². The van der Waals surface area contributed by atoms with Gasteiger partial charge in [-0.3, -0.25) is 9.59 Å². The molecule has 1 aliphatic heterocycles. The Kier molecular flexibility index (Phi) is 6.88. The number of nitrogens with zero attached hydrogens (tertiary/aromatic N) is 1. The van der Waals surface area contributed by atoms with E-state index in [4.69, 9.17) is 9.47 Å². The van der Waals surface area contributed by atoms with Gasteiger partial charge in [-0.1, -0.05) is 17.7 Å². The summed E-state index contributed by atoms with van der Waals surface area (Å²) in [5, 5.41) is 2.94. The topological polar surface area (TPSA) is 67.9 Å². The van der Waals surface area contributed by atoms with Gasteiger partial charge in [0.25, 0.3) is 11.8 Å². The minimum atomic E-state index is -0.265. The molecule has 1 N–H and O–H groups in total. The average Bonchev–Trinajstić information content (AvgIpc) is 2.72. The molecule has 3 rings (SSSR count). The minimum absolute atomic E-state index is 0.114. The summed E-state index contributed by atoms with van der Waals surface area (Å²) in [6, 6.07) is 9.25. The zero-order valence-corrected chi connectivity index (χ0v) is 19.2. The maximum atomic E-state index is 13.6. The van der Waals surface area contributed by atoms with Gasteiger partial charge in [-0.05, 0) is 64.7 Å². The molecule has 0 spiro atoms. The lowest BCUT2D eigenvalue weighted by Gasteiger charge is -2.39. The number of hydrogen-bond acceptors (Lipinski definition) is 4. The van der Waals surface area contributed by atoms with Gasteiger partial charge in [0, 0.05) is 23.7 Å². The molecular formula is C25H32N2O4. The van der Waals surface area contributed by atoms with Crippen LogP contribution in [0, 0.1) is 13.8 Å². The summed E-state index contributed by atoms with van der Waals surface area (Å²) in [7, 11) is 3.07. The van der Waals surface area contributed by atoms with Crippen LogP contribution in [0.3, 0.4) is 0 Å². The summed E-state index contributed by atoms with van der Waals surface area (Å²) in [5.41, 5.74) is 3.35. The Bertz CT molecular complexity index is 976. The van der Waals surface area contributed by atoms with Crippen LogP contribution in [0.2, 0.25) is 0 Å². The van der Waals surface area contributed by atoms with Gasteiger partial charge in [0.1, 0.15) is 0 Å². The van der Waals surface area contributed by atoms with Gasteiger partial charge in [0.15, 0.2) is 11.5 Å².